The van der Waals surface area contributed by atoms with Crippen LogP contribution in [0.4, 0.5) is 11.8 Å². The second kappa shape index (κ2) is 4.74. The molecule has 7 N–H and O–H groups in total. The van der Waals surface area contributed by atoms with Crippen LogP contribution in [0.25, 0.3) is 11.2 Å². The van der Waals surface area contributed by atoms with Crippen LogP contribution in [-0.4, -0.2) is 46.7 Å². The summed E-state index contributed by atoms with van der Waals surface area (Å²) in [6.07, 6.45) is -0.545. The van der Waals surface area contributed by atoms with E-state index < -0.39 is 19.9 Å². The lowest BCUT2D eigenvalue weighted by atomic mass is 10.4. The Balaban J connectivity index is 2.29. The van der Waals surface area contributed by atoms with Crippen LogP contribution < -0.4 is 11.5 Å². The number of nitrogens with two attached hydrogens (primary N) is 2. The highest BCUT2D eigenvalue weighted by Gasteiger charge is 2.21. The first-order valence-electron chi connectivity index (χ1n) is 5.23. The summed E-state index contributed by atoms with van der Waals surface area (Å²) in [6, 6.07) is 0. The highest BCUT2D eigenvalue weighted by molar-refractivity contribution is 7.51. The minimum atomic E-state index is -4.29. The number of nitrogen functional groups attached to an aromatic ring is 2. The molecule has 0 amide bonds. The molecule has 0 aliphatic carbocycles. The lowest BCUT2D eigenvalue weighted by molar-refractivity contribution is 0.169. The zero-order chi connectivity index (χ0) is 14.2. The molecule has 19 heavy (non-hydrogen) atoms. The summed E-state index contributed by atoms with van der Waals surface area (Å²) in [4.78, 5) is 29.2. The first-order chi connectivity index (χ1) is 8.76. The zero-order valence-corrected chi connectivity index (χ0v) is 10.6. The highest BCUT2D eigenvalue weighted by atomic mass is 31.2. The lowest BCUT2D eigenvalue weighted by Crippen LogP contribution is -2.20. The van der Waals surface area contributed by atoms with Crippen LogP contribution in [0.1, 0.15) is 0 Å². The maximum Gasteiger partial charge on any atom is 0.328 e. The van der Waals surface area contributed by atoms with Crippen molar-refractivity contribution in [2.24, 2.45) is 0 Å². The lowest BCUT2D eigenvalue weighted by Gasteiger charge is -2.12. The average molecular weight is 288 g/mol. The number of aliphatic hydroxyl groups excluding tert-OH is 1. The fraction of sp³-hybridized carbons (Fsp3) is 0.375. The summed E-state index contributed by atoms with van der Waals surface area (Å²) < 4.78 is 12.2. The van der Waals surface area contributed by atoms with Gasteiger partial charge in [0.05, 0.1) is 25.1 Å². The molecule has 0 unspecified atom stereocenters. The summed E-state index contributed by atoms with van der Waals surface area (Å²) >= 11 is 0. The molecule has 1 atom stereocenters. The van der Waals surface area contributed by atoms with Gasteiger partial charge in [0.1, 0.15) is 5.52 Å². The highest BCUT2D eigenvalue weighted by Crippen LogP contribution is 2.35. The minimum Gasteiger partial charge on any atom is -0.391 e. The van der Waals surface area contributed by atoms with E-state index in [9.17, 15) is 9.67 Å². The summed E-state index contributed by atoms with van der Waals surface area (Å²) in [7, 11) is -4.29. The van der Waals surface area contributed by atoms with Crippen LogP contribution in [0.5, 0.6) is 0 Å². The second-order valence-electron chi connectivity index (χ2n) is 4.04. The van der Waals surface area contributed by atoms with E-state index in [0.717, 1.165) is 0 Å². The molecule has 0 spiro atoms. The number of rotatable bonds is 4. The Labute approximate surface area is 107 Å². The second-order valence-corrected chi connectivity index (χ2v) is 5.73. The Bertz CT molecular complexity index is 652. The van der Waals surface area contributed by atoms with Crippen molar-refractivity contribution in [2.75, 3.05) is 17.6 Å². The summed E-state index contributed by atoms with van der Waals surface area (Å²) in [5, 5.41) is 9.61. The van der Waals surface area contributed by atoms with Crippen molar-refractivity contribution in [3.8, 4) is 0 Å². The standard InChI is InChI=1S/C8H13N6O4P/c9-6-5-7(13-8(10)12-6)14(3-11-5)1-4(15)2-19(16,17)18/h3-4,15H,1-2H2,(H2,16,17,18)(H4,9,10,12,13)/t4-/m0/s1. The molecular formula is C8H13N6O4P. The Morgan fingerprint density at radius 3 is 2.68 bits per heavy atom. The third kappa shape index (κ3) is 3.18. The van der Waals surface area contributed by atoms with Gasteiger partial charge in [0.25, 0.3) is 0 Å². The van der Waals surface area contributed by atoms with Gasteiger partial charge in [-0.15, -0.1) is 0 Å². The van der Waals surface area contributed by atoms with E-state index in [1.165, 1.54) is 10.9 Å². The van der Waals surface area contributed by atoms with E-state index in [1.807, 2.05) is 0 Å². The van der Waals surface area contributed by atoms with Gasteiger partial charge in [0.2, 0.25) is 5.95 Å². The molecule has 0 aliphatic rings. The van der Waals surface area contributed by atoms with Crippen LogP contribution in [-0.2, 0) is 11.1 Å². The Kier molecular flexibility index (Phi) is 3.42. The number of aromatic nitrogens is 4. The number of aliphatic hydroxyl groups is 1. The maximum absolute atomic E-state index is 10.8. The Hall–Kier alpha value is -1.74. The number of imidazole rings is 1. The van der Waals surface area contributed by atoms with Crippen molar-refractivity contribution in [3.05, 3.63) is 6.33 Å². The van der Waals surface area contributed by atoms with E-state index in [1.54, 1.807) is 0 Å². The molecule has 2 rings (SSSR count). The third-order valence-electron chi connectivity index (χ3n) is 2.36. The summed E-state index contributed by atoms with van der Waals surface area (Å²) in [5.41, 5.74) is 11.7. The number of fused-ring (bicyclic) bond motifs is 1. The van der Waals surface area contributed by atoms with Crippen molar-refractivity contribution < 1.29 is 19.5 Å². The van der Waals surface area contributed by atoms with E-state index >= 15 is 0 Å². The molecule has 2 aromatic rings. The van der Waals surface area contributed by atoms with Crippen molar-refractivity contribution >= 4 is 30.5 Å². The molecule has 0 fully saturated rings. The van der Waals surface area contributed by atoms with Gasteiger partial charge in [-0.25, -0.2) is 4.98 Å². The molecule has 0 saturated heterocycles. The van der Waals surface area contributed by atoms with E-state index in [0.29, 0.717) is 11.2 Å². The Morgan fingerprint density at radius 2 is 2.05 bits per heavy atom. The zero-order valence-electron chi connectivity index (χ0n) is 9.71. The Morgan fingerprint density at radius 1 is 1.37 bits per heavy atom. The first kappa shape index (κ1) is 13.7. The fourth-order valence-electron chi connectivity index (χ4n) is 1.68. The third-order valence-corrected chi connectivity index (χ3v) is 3.26. The van der Waals surface area contributed by atoms with Gasteiger partial charge in [-0.3, -0.25) is 4.57 Å². The van der Waals surface area contributed by atoms with Crippen molar-refractivity contribution in [2.45, 2.75) is 12.6 Å². The summed E-state index contributed by atoms with van der Waals surface area (Å²) in [5.74, 6) is 0.0574. The number of anilines is 2. The first-order valence-corrected chi connectivity index (χ1v) is 7.02. The van der Waals surface area contributed by atoms with Crippen LogP contribution in [0.2, 0.25) is 0 Å². The SMILES string of the molecule is Nc1nc(N)c2ncn(C[C@H](O)CP(=O)(O)O)c2n1. The van der Waals surface area contributed by atoms with Gasteiger partial charge in [-0.2, -0.15) is 9.97 Å². The topological polar surface area (TPSA) is 173 Å². The average Bonchev–Trinajstić information content (AvgIpc) is 2.58. The smallest absolute Gasteiger partial charge is 0.328 e. The fourth-order valence-corrected chi connectivity index (χ4v) is 2.34. The monoisotopic (exact) mass is 288 g/mol. The van der Waals surface area contributed by atoms with Crippen LogP contribution >= 0.6 is 7.60 Å². The van der Waals surface area contributed by atoms with Gasteiger partial charge in [0.15, 0.2) is 11.5 Å². The van der Waals surface area contributed by atoms with Crippen LogP contribution in [0, 0.1) is 0 Å². The van der Waals surface area contributed by atoms with Crippen LogP contribution in [0.3, 0.4) is 0 Å². The molecule has 0 aliphatic heterocycles. The van der Waals surface area contributed by atoms with Gasteiger partial charge in [-0.05, 0) is 0 Å². The molecule has 2 heterocycles. The minimum absolute atomic E-state index is 0.0452. The predicted molar refractivity (Wildman–Crippen MR) is 67.1 cm³/mol. The molecule has 0 saturated carbocycles. The van der Waals surface area contributed by atoms with E-state index in [-0.39, 0.29) is 18.3 Å². The summed E-state index contributed by atoms with van der Waals surface area (Å²) in [6.45, 7) is -0.0858. The quantitative estimate of drug-likeness (QED) is 0.420. The molecular weight excluding hydrogens is 275 g/mol. The predicted octanol–water partition coefficient (Wildman–Crippen LogP) is -1.47. The normalized spacial score (nSPS) is 13.8. The molecule has 10 nitrogen and oxygen atoms in total. The van der Waals surface area contributed by atoms with Gasteiger partial charge >= 0.3 is 7.60 Å². The largest absolute Gasteiger partial charge is 0.391 e. The van der Waals surface area contributed by atoms with E-state index in [2.05, 4.69) is 15.0 Å². The number of hydrogen-bond acceptors (Lipinski definition) is 7. The molecule has 0 aromatic carbocycles. The van der Waals surface area contributed by atoms with Gasteiger partial charge in [0, 0.05) is 0 Å². The molecule has 104 valence electrons. The molecule has 0 radical (unpaired) electrons. The van der Waals surface area contributed by atoms with Crippen molar-refractivity contribution in [1.82, 2.24) is 19.5 Å². The van der Waals surface area contributed by atoms with Crippen LogP contribution in [0.15, 0.2) is 6.33 Å². The number of hydrogen-bond donors (Lipinski definition) is 5. The molecule has 2 aromatic heterocycles. The van der Waals surface area contributed by atoms with Crippen molar-refractivity contribution in [1.29, 1.82) is 0 Å². The van der Waals surface area contributed by atoms with Gasteiger partial charge in [-0.1, -0.05) is 0 Å². The maximum atomic E-state index is 10.8. The van der Waals surface area contributed by atoms with Crippen molar-refractivity contribution in [3.63, 3.8) is 0 Å². The number of nitrogens with zero attached hydrogens (tertiary/aromatic N) is 4. The molecule has 0 bridgehead atoms. The van der Waals surface area contributed by atoms with Gasteiger partial charge < -0.3 is 30.9 Å². The molecule has 11 heteroatoms. The van der Waals surface area contributed by atoms with E-state index in [4.69, 9.17) is 21.3 Å².